The van der Waals surface area contributed by atoms with Gasteiger partial charge in [-0.2, -0.15) is 0 Å². The Morgan fingerprint density at radius 2 is 1.80 bits per heavy atom. The highest BCUT2D eigenvalue weighted by molar-refractivity contribution is 7.84. The summed E-state index contributed by atoms with van der Waals surface area (Å²) in [7, 11) is -1.02. The summed E-state index contributed by atoms with van der Waals surface area (Å²) in [4.78, 5) is 15.8. The SMILES string of the molecule is CS(=O)c1ccc(C(=O)NCC2(N3CCOCC3)CCCCC2)cc1. The summed E-state index contributed by atoms with van der Waals surface area (Å²) < 4.78 is 17.0. The van der Waals surface area contributed by atoms with E-state index >= 15 is 0 Å². The fraction of sp³-hybridized carbons (Fsp3) is 0.632. The van der Waals surface area contributed by atoms with Crippen LogP contribution < -0.4 is 5.32 Å². The largest absolute Gasteiger partial charge is 0.379 e. The average Bonchev–Trinajstić information content (AvgIpc) is 2.67. The third-order valence-electron chi connectivity index (χ3n) is 5.49. The Morgan fingerprint density at radius 1 is 1.16 bits per heavy atom. The molecule has 1 aromatic carbocycles. The van der Waals surface area contributed by atoms with Crippen molar-refractivity contribution < 1.29 is 13.7 Å². The predicted octanol–water partition coefficient (Wildman–Crippen LogP) is 2.19. The Kier molecular flexibility index (Phi) is 6.25. The van der Waals surface area contributed by atoms with Crippen molar-refractivity contribution in [1.29, 1.82) is 0 Å². The van der Waals surface area contributed by atoms with Gasteiger partial charge in [-0.15, -0.1) is 0 Å². The van der Waals surface area contributed by atoms with Gasteiger partial charge in [-0.1, -0.05) is 19.3 Å². The number of amides is 1. The molecule has 1 aromatic rings. The summed E-state index contributed by atoms with van der Waals surface area (Å²) in [6.45, 7) is 4.16. The fourth-order valence-electron chi connectivity index (χ4n) is 4.00. The van der Waals surface area contributed by atoms with Gasteiger partial charge in [-0.3, -0.25) is 13.9 Å². The Balaban J connectivity index is 1.65. The zero-order valence-electron chi connectivity index (χ0n) is 15.0. The van der Waals surface area contributed by atoms with Crippen LogP contribution in [0.4, 0.5) is 0 Å². The Labute approximate surface area is 152 Å². The number of carbonyl (C=O) groups excluding carboxylic acids is 1. The normalized spacial score (nSPS) is 22.3. The number of benzene rings is 1. The van der Waals surface area contributed by atoms with Gasteiger partial charge in [0.1, 0.15) is 0 Å². The second kappa shape index (κ2) is 8.43. The summed E-state index contributed by atoms with van der Waals surface area (Å²) in [6, 6.07) is 7.05. The minimum absolute atomic E-state index is 0.0494. The first kappa shape index (κ1) is 18.5. The van der Waals surface area contributed by atoms with E-state index in [9.17, 15) is 9.00 Å². The van der Waals surface area contributed by atoms with E-state index < -0.39 is 10.8 Å². The molecule has 0 bridgehead atoms. The highest BCUT2D eigenvalue weighted by Gasteiger charge is 2.38. The van der Waals surface area contributed by atoms with Gasteiger partial charge in [-0.05, 0) is 37.1 Å². The molecule has 2 aliphatic rings. The van der Waals surface area contributed by atoms with Crippen molar-refractivity contribution in [2.24, 2.45) is 0 Å². The van der Waals surface area contributed by atoms with Gasteiger partial charge in [0.2, 0.25) is 0 Å². The first-order valence-electron chi connectivity index (χ1n) is 9.15. The van der Waals surface area contributed by atoms with Crippen molar-refractivity contribution >= 4 is 16.7 Å². The van der Waals surface area contributed by atoms with Crippen molar-refractivity contribution in [3.63, 3.8) is 0 Å². The van der Waals surface area contributed by atoms with Gasteiger partial charge >= 0.3 is 0 Å². The third-order valence-corrected chi connectivity index (χ3v) is 6.43. The maximum atomic E-state index is 12.6. The van der Waals surface area contributed by atoms with Gasteiger partial charge in [0.15, 0.2) is 0 Å². The lowest BCUT2D eigenvalue weighted by molar-refractivity contribution is -0.0361. The van der Waals surface area contributed by atoms with Crippen LogP contribution in [0.2, 0.25) is 0 Å². The lowest BCUT2D eigenvalue weighted by atomic mass is 9.79. The summed E-state index contributed by atoms with van der Waals surface area (Å²) >= 11 is 0. The van der Waals surface area contributed by atoms with Crippen molar-refractivity contribution in [3.8, 4) is 0 Å². The molecule has 6 heteroatoms. The molecule has 1 atom stereocenters. The number of ether oxygens (including phenoxy) is 1. The van der Waals surface area contributed by atoms with E-state index in [2.05, 4.69) is 10.2 Å². The fourth-order valence-corrected chi connectivity index (χ4v) is 4.52. The average molecular weight is 365 g/mol. The molecule has 1 N–H and O–H groups in total. The maximum absolute atomic E-state index is 12.6. The topological polar surface area (TPSA) is 58.6 Å². The zero-order valence-corrected chi connectivity index (χ0v) is 15.8. The van der Waals surface area contributed by atoms with E-state index in [1.165, 1.54) is 19.3 Å². The van der Waals surface area contributed by atoms with Crippen LogP contribution in [0, 0.1) is 0 Å². The first-order valence-corrected chi connectivity index (χ1v) is 10.7. The molecule has 1 aliphatic carbocycles. The van der Waals surface area contributed by atoms with Crippen molar-refractivity contribution in [1.82, 2.24) is 10.2 Å². The number of nitrogens with one attached hydrogen (secondary N) is 1. The molecule has 3 rings (SSSR count). The Hall–Kier alpha value is -1.24. The molecule has 1 unspecified atom stereocenters. The number of hydrogen-bond donors (Lipinski definition) is 1. The molecule has 2 fully saturated rings. The molecule has 0 aromatic heterocycles. The minimum atomic E-state index is -1.02. The van der Waals surface area contributed by atoms with Crippen LogP contribution in [0.1, 0.15) is 42.5 Å². The van der Waals surface area contributed by atoms with E-state index in [1.807, 2.05) is 0 Å². The monoisotopic (exact) mass is 364 g/mol. The number of rotatable bonds is 5. The third kappa shape index (κ3) is 4.49. The molecule has 138 valence electrons. The van der Waals surface area contributed by atoms with Gasteiger partial charge < -0.3 is 10.1 Å². The summed E-state index contributed by atoms with van der Waals surface area (Å²) in [5, 5.41) is 3.16. The highest BCUT2D eigenvalue weighted by Crippen LogP contribution is 2.33. The van der Waals surface area contributed by atoms with E-state index in [0.29, 0.717) is 12.1 Å². The standard InChI is InChI=1S/C19H28N2O3S/c1-25(23)17-7-5-16(6-8-17)18(22)20-15-19(9-3-2-4-10-19)21-11-13-24-14-12-21/h5-8H,2-4,9-15H2,1H3,(H,20,22). The molecule has 1 aliphatic heterocycles. The predicted molar refractivity (Wildman–Crippen MR) is 99.3 cm³/mol. The quantitative estimate of drug-likeness (QED) is 0.870. The number of hydrogen-bond acceptors (Lipinski definition) is 4. The molecule has 0 spiro atoms. The van der Waals surface area contributed by atoms with E-state index in [4.69, 9.17) is 4.74 Å². The van der Waals surface area contributed by atoms with Gasteiger partial charge in [0.05, 0.1) is 13.2 Å². The van der Waals surface area contributed by atoms with E-state index in [0.717, 1.165) is 44.0 Å². The van der Waals surface area contributed by atoms with Crippen molar-refractivity contribution in [2.75, 3.05) is 39.1 Å². The second-order valence-electron chi connectivity index (χ2n) is 7.05. The molecular formula is C19H28N2O3S. The Bertz CT molecular complexity index is 606. The number of carbonyl (C=O) groups is 1. The van der Waals surface area contributed by atoms with Crippen LogP contribution in [0.25, 0.3) is 0 Å². The van der Waals surface area contributed by atoms with Crippen LogP contribution >= 0.6 is 0 Å². The summed E-state index contributed by atoms with van der Waals surface area (Å²) in [5.41, 5.74) is 0.699. The lowest BCUT2D eigenvalue weighted by Gasteiger charge is -2.48. The second-order valence-corrected chi connectivity index (χ2v) is 8.43. The molecule has 1 amide bonds. The van der Waals surface area contributed by atoms with Crippen molar-refractivity contribution in [2.45, 2.75) is 42.5 Å². The van der Waals surface area contributed by atoms with Crippen LogP contribution in [-0.4, -0.2) is 59.7 Å². The number of nitrogens with zero attached hydrogens (tertiary/aromatic N) is 1. The first-order chi connectivity index (χ1) is 12.1. The van der Waals surface area contributed by atoms with Crippen LogP contribution in [0.5, 0.6) is 0 Å². The molecule has 1 saturated heterocycles. The zero-order chi connectivity index (χ0) is 17.7. The minimum Gasteiger partial charge on any atom is -0.379 e. The van der Waals surface area contributed by atoms with Crippen molar-refractivity contribution in [3.05, 3.63) is 29.8 Å². The van der Waals surface area contributed by atoms with E-state index in [-0.39, 0.29) is 11.4 Å². The van der Waals surface area contributed by atoms with Gasteiger partial charge in [-0.25, -0.2) is 0 Å². The maximum Gasteiger partial charge on any atom is 0.251 e. The van der Waals surface area contributed by atoms with Gasteiger partial charge in [0, 0.05) is 52.7 Å². The summed E-state index contributed by atoms with van der Waals surface area (Å²) in [5.74, 6) is -0.0494. The van der Waals surface area contributed by atoms with Gasteiger partial charge in [0.25, 0.3) is 5.91 Å². The molecule has 1 saturated carbocycles. The van der Waals surface area contributed by atoms with E-state index in [1.54, 1.807) is 30.5 Å². The molecule has 1 heterocycles. The van der Waals surface area contributed by atoms with Crippen LogP contribution in [0.3, 0.4) is 0 Å². The highest BCUT2D eigenvalue weighted by atomic mass is 32.2. The van der Waals surface area contributed by atoms with Crippen LogP contribution in [-0.2, 0) is 15.5 Å². The number of morpholine rings is 1. The molecular weight excluding hydrogens is 336 g/mol. The molecule has 0 radical (unpaired) electrons. The van der Waals surface area contributed by atoms with Crippen LogP contribution in [0.15, 0.2) is 29.2 Å². The summed E-state index contributed by atoms with van der Waals surface area (Å²) in [6.07, 6.45) is 7.66. The lowest BCUT2D eigenvalue weighted by Crippen LogP contribution is -2.59. The smallest absolute Gasteiger partial charge is 0.251 e. The Morgan fingerprint density at radius 3 is 2.40 bits per heavy atom. The molecule has 5 nitrogen and oxygen atoms in total. The molecule has 25 heavy (non-hydrogen) atoms.